The van der Waals surface area contributed by atoms with Crippen molar-refractivity contribution in [2.45, 2.75) is 34.1 Å². The highest BCUT2D eigenvalue weighted by Crippen LogP contribution is 2.17. The topological polar surface area (TPSA) is 9.23 Å². The van der Waals surface area contributed by atoms with Crippen LogP contribution < -0.4 is 0 Å². The SMILES string of the molecule is C/C=C/COCCC(C)(C)C. The van der Waals surface area contributed by atoms with Crippen molar-refractivity contribution in [1.82, 2.24) is 0 Å². The number of hydrogen-bond donors (Lipinski definition) is 0. The summed E-state index contributed by atoms with van der Waals surface area (Å²) in [5, 5.41) is 0. The maximum Gasteiger partial charge on any atom is 0.0647 e. The van der Waals surface area contributed by atoms with Crippen LogP contribution >= 0.6 is 0 Å². The van der Waals surface area contributed by atoms with Crippen LogP contribution in [0.3, 0.4) is 0 Å². The minimum atomic E-state index is 0.399. The quantitative estimate of drug-likeness (QED) is 0.449. The van der Waals surface area contributed by atoms with Gasteiger partial charge in [0, 0.05) is 6.61 Å². The van der Waals surface area contributed by atoms with Gasteiger partial charge in [0.1, 0.15) is 0 Å². The predicted octanol–water partition coefficient (Wildman–Crippen LogP) is 3.02. The van der Waals surface area contributed by atoms with Gasteiger partial charge >= 0.3 is 0 Å². The van der Waals surface area contributed by atoms with Gasteiger partial charge in [0.15, 0.2) is 0 Å². The minimum Gasteiger partial charge on any atom is -0.377 e. The molecular weight excluding hydrogens is 136 g/mol. The maximum atomic E-state index is 5.36. The van der Waals surface area contributed by atoms with Gasteiger partial charge in [0.2, 0.25) is 0 Å². The molecule has 0 aliphatic rings. The lowest BCUT2D eigenvalue weighted by molar-refractivity contribution is 0.131. The van der Waals surface area contributed by atoms with Crippen LogP contribution in [0.4, 0.5) is 0 Å². The Morgan fingerprint density at radius 2 is 1.91 bits per heavy atom. The molecule has 0 unspecified atom stereocenters. The van der Waals surface area contributed by atoms with E-state index >= 15 is 0 Å². The van der Waals surface area contributed by atoms with Gasteiger partial charge in [-0.2, -0.15) is 0 Å². The van der Waals surface area contributed by atoms with Crippen molar-refractivity contribution in [2.75, 3.05) is 13.2 Å². The fourth-order valence-corrected chi connectivity index (χ4v) is 0.626. The fraction of sp³-hybridized carbons (Fsp3) is 0.800. The largest absolute Gasteiger partial charge is 0.377 e. The van der Waals surface area contributed by atoms with Crippen molar-refractivity contribution in [3.05, 3.63) is 12.2 Å². The summed E-state index contributed by atoms with van der Waals surface area (Å²) in [7, 11) is 0. The van der Waals surface area contributed by atoms with Gasteiger partial charge in [-0.05, 0) is 18.8 Å². The summed E-state index contributed by atoms with van der Waals surface area (Å²) in [6.45, 7) is 10.3. The normalized spacial score (nSPS) is 12.7. The number of hydrogen-bond acceptors (Lipinski definition) is 1. The molecule has 0 aliphatic heterocycles. The lowest BCUT2D eigenvalue weighted by atomic mass is 9.93. The van der Waals surface area contributed by atoms with Crippen molar-refractivity contribution in [3.63, 3.8) is 0 Å². The van der Waals surface area contributed by atoms with E-state index in [1.165, 1.54) is 0 Å². The van der Waals surface area contributed by atoms with E-state index in [4.69, 9.17) is 4.74 Å². The summed E-state index contributed by atoms with van der Waals surface area (Å²) in [5.41, 5.74) is 0.399. The molecule has 0 amide bonds. The monoisotopic (exact) mass is 156 g/mol. The Morgan fingerprint density at radius 3 is 2.36 bits per heavy atom. The van der Waals surface area contributed by atoms with Gasteiger partial charge in [-0.15, -0.1) is 0 Å². The van der Waals surface area contributed by atoms with E-state index in [2.05, 4.69) is 20.8 Å². The second-order valence-corrected chi connectivity index (χ2v) is 3.95. The Morgan fingerprint density at radius 1 is 1.27 bits per heavy atom. The highest BCUT2D eigenvalue weighted by Gasteiger charge is 2.08. The Hall–Kier alpha value is -0.300. The van der Waals surface area contributed by atoms with Crippen LogP contribution in [0.1, 0.15) is 34.1 Å². The van der Waals surface area contributed by atoms with Gasteiger partial charge in [-0.3, -0.25) is 0 Å². The molecule has 0 saturated carbocycles. The molecule has 0 spiro atoms. The van der Waals surface area contributed by atoms with Gasteiger partial charge in [0.25, 0.3) is 0 Å². The number of ether oxygens (including phenoxy) is 1. The van der Waals surface area contributed by atoms with E-state index in [1.807, 2.05) is 19.1 Å². The van der Waals surface area contributed by atoms with Crippen LogP contribution in [0.15, 0.2) is 12.2 Å². The molecule has 0 atom stereocenters. The Bertz CT molecular complexity index is 109. The molecule has 1 heteroatoms. The first-order chi connectivity index (χ1) is 5.06. The molecule has 0 saturated heterocycles. The molecule has 0 aromatic rings. The molecule has 0 bridgehead atoms. The lowest BCUT2D eigenvalue weighted by Gasteiger charge is -2.17. The van der Waals surface area contributed by atoms with E-state index in [0.717, 1.165) is 19.6 Å². The molecule has 0 aliphatic carbocycles. The van der Waals surface area contributed by atoms with Crippen LogP contribution in [0.25, 0.3) is 0 Å². The van der Waals surface area contributed by atoms with Crippen LogP contribution in [0.2, 0.25) is 0 Å². The van der Waals surface area contributed by atoms with Crippen LogP contribution in [-0.4, -0.2) is 13.2 Å². The highest BCUT2D eigenvalue weighted by atomic mass is 16.5. The van der Waals surface area contributed by atoms with E-state index in [0.29, 0.717) is 5.41 Å². The molecule has 1 nitrogen and oxygen atoms in total. The average Bonchev–Trinajstić information content (AvgIpc) is 1.85. The smallest absolute Gasteiger partial charge is 0.0647 e. The maximum absolute atomic E-state index is 5.36. The minimum absolute atomic E-state index is 0.399. The molecule has 0 N–H and O–H groups in total. The van der Waals surface area contributed by atoms with Gasteiger partial charge < -0.3 is 4.74 Å². The summed E-state index contributed by atoms with van der Waals surface area (Å²) in [4.78, 5) is 0. The molecule has 0 radical (unpaired) electrons. The van der Waals surface area contributed by atoms with Gasteiger partial charge in [-0.25, -0.2) is 0 Å². The second kappa shape index (κ2) is 5.36. The first kappa shape index (κ1) is 10.7. The van der Waals surface area contributed by atoms with E-state index < -0.39 is 0 Å². The van der Waals surface area contributed by atoms with E-state index in [-0.39, 0.29) is 0 Å². The summed E-state index contributed by atoms with van der Waals surface area (Å²) in [6.07, 6.45) is 5.17. The zero-order valence-corrected chi connectivity index (χ0v) is 8.18. The third-order valence-corrected chi connectivity index (χ3v) is 1.45. The molecule has 11 heavy (non-hydrogen) atoms. The Labute approximate surface area is 70.4 Å². The summed E-state index contributed by atoms with van der Waals surface area (Å²) < 4.78 is 5.36. The standard InChI is InChI=1S/C10H20O/c1-5-6-8-11-9-7-10(2,3)4/h5-6H,7-9H2,1-4H3/b6-5+. The Kier molecular flexibility index (Phi) is 5.22. The summed E-state index contributed by atoms with van der Waals surface area (Å²) >= 11 is 0. The first-order valence-electron chi connectivity index (χ1n) is 4.25. The van der Waals surface area contributed by atoms with Gasteiger partial charge in [-0.1, -0.05) is 32.9 Å². The summed E-state index contributed by atoms with van der Waals surface area (Å²) in [6, 6.07) is 0. The molecule has 66 valence electrons. The zero-order chi connectivity index (χ0) is 8.74. The molecule has 0 heterocycles. The van der Waals surface area contributed by atoms with E-state index in [9.17, 15) is 0 Å². The third kappa shape index (κ3) is 9.70. The van der Waals surface area contributed by atoms with Crippen LogP contribution in [-0.2, 0) is 4.74 Å². The molecule has 0 aromatic heterocycles. The molecule has 0 rings (SSSR count). The summed E-state index contributed by atoms with van der Waals surface area (Å²) in [5.74, 6) is 0. The Balaban J connectivity index is 3.15. The van der Waals surface area contributed by atoms with Crippen molar-refractivity contribution in [3.8, 4) is 0 Å². The van der Waals surface area contributed by atoms with Gasteiger partial charge in [0.05, 0.1) is 6.61 Å². The highest BCUT2D eigenvalue weighted by molar-refractivity contribution is 4.75. The van der Waals surface area contributed by atoms with Crippen LogP contribution in [0.5, 0.6) is 0 Å². The molecule has 0 aromatic carbocycles. The third-order valence-electron chi connectivity index (χ3n) is 1.45. The second-order valence-electron chi connectivity index (χ2n) is 3.95. The fourth-order valence-electron chi connectivity index (χ4n) is 0.626. The average molecular weight is 156 g/mol. The first-order valence-corrected chi connectivity index (χ1v) is 4.25. The zero-order valence-electron chi connectivity index (χ0n) is 8.18. The van der Waals surface area contributed by atoms with Crippen molar-refractivity contribution in [2.24, 2.45) is 5.41 Å². The van der Waals surface area contributed by atoms with Crippen molar-refractivity contribution in [1.29, 1.82) is 0 Å². The van der Waals surface area contributed by atoms with E-state index in [1.54, 1.807) is 0 Å². The lowest BCUT2D eigenvalue weighted by Crippen LogP contribution is -2.09. The molecular formula is C10H20O. The predicted molar refractivity (Wildman–Crippen MR) is 49.7 cm³/mol. The van der Waals surface area contributed by atoms with Crippen molar-refractivity contribution >= 4 is 0 Å². The van der Waals surface area contributed by atoms with Crippen molar-refractivity contribution < 1.29 is 4.74 Å². The molecule has 0 fully saturated rings. The van der Waals surface area contributed by atoms with Crippen LogP contribution in [0, 0.1) is 5.41 Å². The number of rotatable bonds is 4. The number of allylic oxidation sites excluding steroid dienone is 1.